The number of anilines is 1. The largest absolute Gasteiger partial charge is 0.471 e. The molecule has 2 aromatic rings. The van der Waals surface area contributed by atoms with Gasteiger partial charge in [-0.05, 0) is 53.9 Å². The quantitative estimate of drug-likeness (QED) is 0.844. The third-order valence-corrected chi connectivity index (χ3v) is 5.68. The Balaban J connectivity index is 1.84. The van der Waals surface area contributed by atoms with Crippen molar-refractivity contribution in [1.82, 2.24) is 4.90 Å². The van der Waals surface area contributed by atoms with Gasteiger partial charge in [0.25, 0.3) is 10.0 Å². The molecule has 3 rings (SSSR count). The Kier molecular flexibility index (Phi) is 5.04. The highest BCUT2D eigenvalue weighted by atomic mass is 32.2. The number of rotatable bonds is 3. The van der Waals surface area contributed by atoms with E-state index >= 15 is 0 Å². The second-order valence-corrected chi connectivity index (χ2v) is 7.88. The maximum absolute atomic E-state index is 12.7. The molecule has 0 radical (unpaired) electrons. The first-order chi connectivity index (χ1) is 13.1. The third-order valence-electron chi connectivity index (χ3n) is 4.30. The number of hydrogen-bond acceptors (Lipinski definition) is 4. The zero-order chi connectivity index (χ0) is 20.5. The summed E-state index contributed by atoms with van der Waals surface area (Å²) in [7, 11) is -3.99. The van der Waals surface area contributed by atoms with Crippen LogP contribution in [0.15, 0.2) is 47.4 Å². The van der Waals surface area contributed by atoms with Crippen molar-refractivity contribution in [3.63, 3.8) is 0 Å². The number of benzene rings is 2. The van der Waals surface area contributed by atoms with Gasteiger partial charge < -0.3 is 4.90 Å². The summed E-state index contributed by atoms with van der Waals surface area (Å²) in [4.78, 5) is 12.0. The van der Waals surface area contributed by atoms with Gasteiger partial charge in [0.15, 0.2) is 0 Å². The number of carbonyl (C=O) groups excluding carboxylic acids is 1. The minimum Gasteiger partial charge on any atom is -0.330 e. The van der Waals surface area contributed by atoms with Crippen LogP contribution in [0.5, 0.6) is 0 Å². The molecule has 6 nitrogen and oxygen atoms in total. The van der Waals surface area contributed by atoms with Crippen LogP contribution < -0.4 is 4.72 Å². The van der Waals surface area contributed by atoms with Crippen molar-refractivity contribution < 1.29 is 26.4 Å². The summed E-state index contributed by atoms with van der Waals surface area (Å²) >= 11 is 0. The number of alkyl halides is 3. The zero-order valence-corrected chi connectivity index (χ0v) is 15.1. The zero-order valence-electron chi connectivity index (χ0n) is 14.3. The molecule has 1 aliphatic heterocycles. The van der Waals surface area contributed by atoms with Crippen molar-refractivity contribution in [3.8, 4) is 6.07 Å². The van der Waals surface area contributed by atoms with E-state index in [-0.39, 0.29) is 30.1 Å². The molecule has 1 amide bonds. The first-order valence-electron chi connectivity index (χ1n) is 8.11. The lowest BCUT2D eigenvalue weighted by Gasteiger charge is -2.29. The van der Waals surface area contributed by atoms with Crippen LogP contribution in [0.2, 0.25) is 0 Å². The summed E-state index contributed by atoms with van der Waals surface area (Å²) in [6, 6.07) is 11.9. The molecule has 1 aliphatic rings. The average Bonchev–Trinajstić information content (AvgIpc) is 2.66. The number of fused-ring (bicyclic) bond motifs is 1. The van der Waals surface area contributed by atoms with Crippen LogP contribution in [0.1, 0.15) is 16.7 Å². The molecular formula is C18H14F3N3O3S. The van der Waals surface area contributed by atoms with Gasteiger partial charge >= 0.3 is 12.1 Å². The van der Waals surface area contributed by atoms with Crippen LogP contribution in [0.3, 0.4) is 0 Å². The smallest absolute Gasteiger partial charge is 0.330 e. The van der Waals surface area contributed by atoms with Gasteiger partial charge in [0.1, 0.15) is 0 Å². The van der Waals surface area contributed by atoms with E-state index in [1.165, 1.54) is 42.5 Å². The molecule has 0 unspecified atom stereocenters. The van der Waals surface area contributed by atoms with E-state index < -0.39 is 22.1 Å². The molecule has 0 saturated heterocycles. The lowest BCUT2D eigenvalue weighted by atomic mass is 10.00. The van der Waals surface area contributed by atoms with E-state index in [1.54, 1.807) is 0 Å². The molecular weight excluding hydrogens is 395 g/mol. The molecule has 0 atom stereocenters. The number of hydrogen-bond donors (Lipinski definition) is 1. The first kappa shape index (κ1) is 19.7. The minimum absolute atomic E-state index is 0.0824. The van der Waals surface area contributed by atoms with Crippen LogP contribution in [-0.2, 0) is 27.8 Å². The Morgan fingerprint density at radius 3 is 2.39 bits per heavy atom. The molecule has 0 bridgehead atoms. The number of carbonyl (C=O) groups is 1. The van der Waals surface area contributed by atoms with E-state index in [9.17, 15) is 26.4 Å². The maximum Gasteiger partial charge on any atom is 0.471 e. The number of nitrogens with zero attached hydrogens (tertiary/aromatic N) is 2. The van der Waals surface area contributed by atoms with Crippen molar-refractivity contribution in [2.45, 2.75) is 24.0 Å². The monoisotopic (exact) mass is 409 g/mol. The predicted molar refractivity (Wildman–Crippen MR) is 93.6 cm³/mol. The maximum atomic E-state index is 12.7. The Morgan fingerprint density at radius 2 is 1.79 bits per heavy atom. The lowest BCUT2D eigenvalue weighted by Crippen LogP contribution is -2.43. The standard InChI is InChI=1S/C18H14F3N3O3S/c19-18(20,21)17(25)24-8-7-13-3-6-16(9-14(13)11-24)28(26,27)23-15-4-1-12(10-22)2-5-15/h1-6,9,23H,7-8,11H2. The molecule has 0 saturated carbocycles. The van der Waals surface area contributed by atoms with Crippen LogP contribution in [0, 0.1) is 11.3 Å². The number of nitriles is 1. The van der Waals surface area contributed by atoms with Gasteiger partial charge in [0.2, 0.25) is 0 Å². The molecule has 2 aromatic carbocycles. The van der Waals surface area contributed by atoms with Crippen LogP contribution in [0.25, 0.3) is 0 Å². The molecule has 10 heteroatoms. The Labute approximate surface area is 159 Å². The normalized spacial score (nSPS) is 14.1. The van der Waals surface area contributed by atoms with Gasteiger partial charge in [0.05, 0.1) is 16.5 Å². The number of nitrogens with one attached hydrogen (secondary N) is 1. The molecule has 1 heterocycles. The van der Waals surface area contributed by atoms with Crippen molar-refractivity contribution in [2.75, 3.05) is 11.3 Å². The van der Waals surface area contributed by atoms with E-state index in [4.69, 9.17) is 5.26 Å². The molecule has 0 aromatic heterocycles. The highest BCUT2D eigenvalue weighted by molar-refractivity contribution is 7.92. The van der Waals surface area contributed by atoms with Crippen molar-refractivity contribution in [1.29, 1.82) is 5.26 Å². The van der Waals surface area contributed by atoms with Gasteiger partial charge in [0, 0.05) is 18.8 Å². The fourth-order valence-corrected chi connectivity index (χ4v) is 3.99. The van der Waals surface area contributed by atoms with Gasteiger partial charge in [-0.3, -0.25) is 9.52 Å². The highest BCUT2D eigenvalue weighted by Crippen LogP contribution is 2.27. The Hall–Kier alpha value is -3.06. The summed E-state index contributed by atoms with van der Waals surface area (Å²) in [6.45, 7) is -0.394. The van der Waals surface area contributed by atoms with E-state index in [2.05, 4.69) is 4.72 Å². The van der Waals surface area contributed by atoms with Gasteiger partial charge in [-0.2, -0.15) is 18.4 Å². The molecule has 0 fully saturated rings. The van der Waals surface area contributed by atoms with Crippen molar-refractivity contribution in [3.05, 3.63) is 59.2 Å². The van der Waals surface area contributed by atoms with Crippen molar-refractivity contribution >= 4 is 21.6 Å². The van der Waals surface area contributed by atoms with Crippen LogP contribution in [-0.4, -0.2) is 31.9 Å². The second-order valence-electron chi connectivity index (χ2n) is 6.20. The molecule has 28 heavy (non-hydrogen) atoms. The average molecular weight is 409 g/mol. The highest BCUT2D eigenvalue weighted by Gasteiger charge is 2.43. The second kappa shape index (κ2) is 7.16. The van der Waals surface area contributed by atoms with Crippen LogP contribution >= 0.6 is 0 Å². The van der Waals surface area contributed by atoms with E-state index in [0.29, 0.717) is 21.6 Å². The molecule has 146 valence electrons. The molecule has 0 spiro atoms. The molecule has 0 aliphatic carbocycles. The van der Waals surface area contributed by atoms with Gasteiger partial charge in [-0.25, -0.2) is 8.42 Å². The Morgan fingerprint density at radius 1 is 1.11 bits per heavy atom. The topological polar surface area (TPSA) is 90.3 Å². The number of amides is 1. The SMILES string of the molecule is N#Cc1ccc(NS(=O)(=O)c2ccc3c(c2)CN(C(=O)C(F)(F)F)CC3)cc1. The summed E-state index contributed by atoms with van der Waals surface area (Å²) in [5.41, 5.74) is 1.66. The minimum atomic E-state index is -4.97. The summed E-state index contributed by atoms with van der Waals surface area (Å²) in [6.07, 6.45) is -4.77. The number of sulfonamides is 1. The summed E-state index contributed by atoms with van der Waals surface area (Å²) in [5.74, 6) is -1.94. The van der Waals surface area contributed by atoms with Gasteiger partial charge in [-0.15, -0.1) is 0 Å². The number of halogens is 3. The lowest BCUT2D eigenvalue weighted by molar-refractivity contribution is -0.186. The summed E-state index contributed by atoms with van der Waals surface area (Å²) < 4.78 is 65.5. The predicted octanol–water partition coefficient (Wildman–Crippen LogP) is 2.81. The Bertz CT molecular complexity index is 1060. The summed E-state index contributed by atoms with van der Waals surface area (Å²) in [5, 5.41) is 8.78. The fourth-order valence-electron chi connectivity index (χ4n) is 2.88. The van der Waals surface area contributed by atoms with Crippen LogP contribution in [0.4, 0.5) is 18.9 Å². The van der Waals surface area contributed by atoms with E-state index in [0.717, 1.165) is 0 Å². The van der Waals surface area contributed by atoms with Gasteiger partial charge in [-0.1, -0.05) is 6.07 Å². The van der Waals surface area contributed by atoms with E-state index in [1.807, 2.05) is 6.07 Å². The van der Waals surface area contributed by atoms with Crippen molar-refractivity contribution in [2.24, 2.45) is 0 Å². The molecule has 1 N–H and O–H groups in total. The third kappa shape index (κ3) is 4.09. The first-order valence-corrected chi connectivity index (χ1v) is 9.59. The fraction of sp³-hybridized carbons (Fsp3) is 0.222.